The number of furan rings is 1. The van der Waals surface area contributed by atoms with E-state index in [0.29, 0.717) is 16.3 Å². The lowest BCUT2D eigenvalue weighted by molar-refractivity contribution is -0.118. The van der Waals surface area contributed by atoms with Gasteiger partial charge in [0, 0.05) is 28.4 Å². The van der Waals surface area contributed by atoms with Crippen molar-refractivity contribution in [2.45, 2.75) is 19.9 Å². The maximum absolute atomic E-state index is 13.0. The molecule has 2 aromatic carbocycles. The smallest absolute Gasteiger partial charge is 0.291 e. The number of rotatable bonds is 7. The van der Waals surface area contributed by atoms with Crippen molar-refractivity contribution in [3.63, 3.8) is 0 Å². The predicted molar refractivity (Wildman–Crippen MR) is 131 cm³/mol. The van der Waals surface area contributed by atoms with Gasteiger partial charge in [0.05, 0.1) is 12.0 Å². The molecule has 2 N–H and O–H groups in total. The van der Waals surface area contributed by atoms with Gasteiger partial charge in [0.2, 0.25) is 0 Å². The molecule has 0 fully saturated rings. The summed E-state index contributed by atoms with van der Waals surface area (Å²) in [7, 11) is 0. The first-order valence-electron chi connectivity index (χ1n) is 10.7. The molecular formula is C26H23ClN4O3. The third-order valence-corrected chi connectivity index (χ3v) is 5.09. The molecule has 7 nitrogen and oxygen atoms in total. The first-order valence-corrected chi connectivity index (χ1v) is 11.1. The highest BCUT2D eigenvalue weighted by atomic mass is 35.5. The summed E-state index contributed by atoms with van der Waals surface area (Å²) in [5.74, 6) is -0.857. The number of halogens is 1. The molecule has 8 heteroatoms. The molecule has 0 bridgehead atoms. The average molecular weight is 475 g/mol. The van der Waals surface area contributed by atoms with E-state index in [1.165, 1.54) is 12.3 Å². The summed E-state index contributed by atoms with van der Waals surface area (Å²) in [6.07, 6.45) is 4.81. The average Bonchev–Trinajstić information content (AvgIpc) is 3.50. The van der Waals surface area contributed by atoms with E-state index in [2.05, 4.69) is 10.6 Å². The van der Waals surface area contributed by atoms with Gasteiger partial charge in [0.15, 0.2) is 5.76 Å². The van der Waals surface area contributed by atoms with E-state index >= 15 is 0 Å². The standard InChI is InChI=1S/C26H23ClN4O3/c1-17(2)28-25(32)22(29-26(33)23-9-6-14-34-23)15-19-16-31(21-7-4-3-5-8-21)30-24(19)18-10-12-20(27)13-11-18/h3-17H,1-2H3,(H,28,32)(H,29,33)/b22-15-. The van der Waals surface area contributed by atoms with Gasteiger partial charge in [0.25, 0.3) is 11.8 Å². The number of amides is 2. The molecule has 172 valence electrons. The first kappa shape index (κ1) is 23.1. The lowest BCUT2D eigenvalue weighted by atomic mass is 10.1. The zero-order chi connectivity index (χ0) is 24.1. The van der Waals surface area contributed by atoms with Crippen molar-refractivity contribution in [1.82, 2.24) is 20.4 Å². The Bertz CT molecular complexity index is 1310. The second-order valence-electron chi connectivity index (χ2n) is 7.84. The third-order valence-electron chi connectivity index (χ3n) is 4.84. The SMILES string of the molecule is CC(C)NC(=O)/C(=C/c1cn(-c2ccccc2)nc1-c1ccc(Cl)cc1)NC(=O)c1ccco1. The summed E-state index contributed by atoms with van der Waals surface area (Å²) < 4.78 is 6.90. The molecule has 0 aliphatic heterocycles. The lowest BCUT2D eigenvalue weighted by Gasteiger charge is -2.12. The van der Waals surface area contributed by atoms with Crippen LogP contribution in [0.5, 0.6) is 0 Å². The van der Waals surface area contributed by atoms with E-state index in [1.54, 1.807) is 35.2 Å². The van der Waals surface area contributed by atoms with Crippen LogP contribution >= 0.6 is 11.6 Å². The van der Waals surface area contributed by atoms with Crippen molar-refractivity contribution in [3.05, 3.63) is 101 Å². The van der Waals surface area contributed by atoms with Gasteiger partial charge in [-0.15, -0.1) is 0 Å². The zero-order valence-electron chi connectivity index (χ0n) is 18.7. The summed E-state index contributed by atoms with van der Waals surface area (Å²) >= 11 is 6.07. The van der Waals surface area contributed by atoms with Gasteiger partial charge in [0.1, 0.15) is 11.4 Å². The number of nitrogens with one attached hydrogen (secondary N) is 2. The van der Waals surface area contributed by atoms with E-state index in [1.807, 2.05) is 56.3 Å². The summed E-state index contributed by atoms with van der Waals surface area (Å²) in [5, 5.41) is 10.8. The minimum Gasteiger partial charge on any atom is -0.459 e. The highest BCUT2D eigenvalue weighted by molar-refractivity contribution is 6.30. The number of aromatic nitrogens is 2. The van der Waals surface area contributed by atoms with Gasteiger partial charge in [-0.2, -0.15) is 5.10 Å². The van der Waals surface area contributed by atoms with Crippen LogP contribution in [0.1, 0.15) is 30.0 Å². The Balaban J connectivity index is 1.81. The van der Waals surface area contributed by atoms with E-state index in [-0.39, 0.29) is 17.5 Å². The Kier molecular flexibility index (Phi) is 6.94. The van der Waals surface area contributed by atoms with Crippen molar-refractivity contribution in [3.8, 4) is 16.9 Å². The van der Waals surface area contributed by atoms with E-state index in [9.17, 15) is 9.59 Å². The minimum atomic E-state index is -0.529. The van der Waals surface area contributed by atoms with Crippen LogP contribution < -0.4 is 10.6 Å². The summed E-state index contributed by atoms with van der Waals surface area (Å²) in [6, 6.07) is 19.9. The topological polar surface area (TPSA) is 89.2 Å². The van der Waals surface area contributed by atoms with E-state index in [4.69, 9.17) is 21.1 Å². The van der Waals surface area contributed by atoms with Crippen LogP contribution in [-0.2, 0) is 4.79 Å². The monoisotopic (exact) mass is 474 g/mol. The second kappa shape index (κ2) is 10.2. The molecule has 2 amide bonds. The van der Waals surface area contributed by atoms with Gasteiger partial charge in [-0.1, -0.05) is 41.9 Å². The normalized spacial score (nSPS) is 11.5. The second-order valence-corrected chi connectivity index (χ2v) is 8.27. The van der Waals surface area contributed by atoms with Crippen LogP contribution in [0.25, 0.3) is 23.0 Å². The van der Waals surface area contributed by atoms with Gasteiger partial charge in [-0.3, -0.25) is 9.59 Å². The summed E-state index contributed by atoms with van der Waals surface area (Å²) in [6.45, 7) is 3.69. The van der Waals surface area contributed by atoms with Gasteiger partial charge in [-0.05, 0) is 56.3 Å². The number of benzene rings is 2. The van der Waals surface area contributed by atoms with Crippen molar-refractivity contribution >= 4 is 29.5 Å². The number of nitrogens with zero attached hydrogens (tertiary/aromatic N) is 2. The van der Waals surface area contributed by atoms with E-state index in [0.717, 1.165) is 11.3 Å². The largest absolute Gasteiger partial charge is 0.459 e. The molecule has 0 aliphatic rings. The van der Waals surface area contributed by atoms with Crippen molar-refractivity contribution in [1.29, 1.82) is 0 Å². The molecule has 2 heterocycles. The number of carbonyl (C=O) groups is 2. The quantitative estimate of drug-likeness (QED) is 0.365. The van der Waals surface area contributed by atoms with Crippen LogP contribution in [0.3, 0.4) is 0 Å². The van der Waals surface area contributed by atoms with Crippen LogP contribution in [0.2, 0.25) is 5.02 Å². The molecule has 0 radical (unpaired) electrons. The van der Waals surface area contributed by atoms with Crippen LogP contribution in [0.4, 0.5) is 0 Å². The third kappa shape index (κ3) is 5.44. The maximum Gasteiger partial charge on any atom is 0.291 e. The molecule has 0 aliphatic carbocycles. The molecule has 0 atom stereocenters. The highest BCUT2D eigenvalue weighted by Gasteiger charge is 2.19. The number of carbonyl (C=O) groups excluding carboxylic acids is 2. The van der Waals surface area contributed by atoms with Gasteiger partial charge >= 0.3 is 0 Å². The van der Waals surface area contributed by atoms with E-state index < -0.39 is 11.8 Å². The molecule has 0 spiro atoms. The van der Waals surface area contributed by atoms with Gasteiger partial charge < -0.3 is 15.1 Å². The molecular weight excluding hydrogens is 452 g/mol. The molecule has 0 unspecified atom stereocenters. The van der Waals surface area contributed by atoms with Crippen LogP contribution in [0.15, 0.2) is 89.3 Å². The molecule has 4 rings (SSSR count). The van der Waals surface area contributed by atoms with Crippen LogP contribution in [0, 0.1) is 0 Å². The molecule has 0 saturated carbocycles. The Labute approximate surface area is 202 Å². The van der Waals surface area contributed by atoms with Gasteiger partial charge in [-0.25, -0.2) is 4.68 Å². The fourth-order valence-corrected chi connectivity index (χ4v) is 3.41. The maximum atomic E-state index is 13.0. The molecule has 2 aromatic heterocycles. The molecule has 34 heavy (non-hydrogen) atoms. The molecule has 4 aromatic rings. The Morgan fingerprint density at radius 3 is 2.41 bits per heavy atom. The number of hydrogen-bond donors (Lipinski definition) is 2. The van der Waals surface area contributed by atoms with Crippen molar-refractivity contribution < 1.29 is 14.0 Å². The minimum absolute atomic E-state index is 0.0675. The number of para-hydroxylation sites is 1. The summed E-state index contributed by atoms with van der Waals surface area (Å²) in [4.78, 5) is 25.6. The Morgan fingerprint density at radius 2 is 1.76 bits per heavy atom. The van der Waals surface area contributed by atoms with Crippen molar-refractivity contribution in [2.75, 3.05) is 0 Å². The first-order chi connectivity index (χ1) is 16.4. The zero-order valence-corrected chi connectivity index (χ0v) is 19.4. The Morgan fingerprint density at radius 1 is 1.03 bits per heavy atom. The fraction of sp³-hybridized carbons (Fsp3) is 0.115. The number of hydrogen-bond acceptors (Lipinski definition) is 4. The lowest BCUT2D eigenvalue weighted by Crippen LogP contribution is -2.38. The highest BCUT2D eigenvalue weighted by Crippen LogP contribution is 2.27. The Hall–Kier alpha value is -4.10. The van der Waals surface area contributed by atoms with Crippen LogP contribution in [-0.4, -0.2) is 27.6 Å². The fourth-order valence-electron chi connectivity index (χ4n) is 3.28. The summed E-state index contributed by atoms with van der Waals surface area (Å²) in [5.41, 5.74) is 3.00. The van der Waals surface area contributed by atoms with Crippen molar-refractivity contribution in [2.24, 2.45) is 0 Å². The molecule has 0 saturated heterocycles. The predicted octanol–water partition coefficient (Wildman–Crippen LogP) is 5.08.